The van der Waals surface area contributed by atoms with E-state index in [9.17, 15) is 14.7 Å². The number of piperidine rings is 1. The zero-order valence-electron chi connectivity index (χ0n) is 12.6. The van der Waals surface area contributed by atoms with Gasteiger partial charge in [-0.25, -0.2) is 9.59 Å². The van der Waals surface area contributed by atoms with Crippen molar-refractivity contribution in [3.63, 3.8) is 0 Å². The first-order valence-electron chi connectivity index (χ1n) is 7.14. The molecule has 2 amide bonds. The molecule has 2 atom stereocenters. The topological polar surface area (TPSA) is 89.9 Å². The summed E-state index contributed by atoms with van der Waals surface area (Å²) in [6.07, 6.45) is 2.59. The van der Waals surface area contributed by atoms with E-state index in [1.807, 2.05) is 0 Å². The maximum Gasteiger partial charge on any atom is 0.326 e. The molecular formula is C14H26N2O4. The van der Waals surface area contributed by atoms with Crippen molar-refractivity contribution in [1.82, 2.24) is 10.2 Å². The summed E-state index contributed by atoms with van der Waals surface area (Å²) < 4.78 is 0. The smallest absolute Gasteiger partial charge is 0.326 e. The van der Waals surface area contributed by atoms with E-state index in [0.29, 0.717) is 25.4 Å². The van der Waals surface area contributed by atoms with E-state index in [4.69, 9.17) is 5.11 Å². The lowest BCUT2D eigenvalue weighted by molar-refractivity contribution is -0.142. The standard InChI is InChI=1S/C14H26N2O4/c1-14(2,3)11(12(18)19)15-13(20)16-7-4-5-10(9-16)6-8-17/h10-11,17H,4-9H2,1-3H3,(H,15,20)(H,18,19)/t10?,11-/m0/s1. The van der Waals surface area contributed by atoms with Crippen molar-refractivity contribution in [2.75, 3.05) is 19.7 Å². The van der Waals surface area contributed by atoms with Gasteiger partial charge in [0, 0.05) is 19.7 Å². The van der Waals surface area contributed by atoms with Gasteiger partial charge < -0.3 is 20.4 Å². The zero-order chi connectivity index (χ0) is 15.3. The second kappa shape index (κ2) is 6.92. The Labute approximate surface area is 120 Å². The molecular weight excluding hydrogens is 260 g/mol. The molecule has 1 fully saturated rings. The molecule has 1 saturated heterocycles. The number of urea groups is 1. The number of amides is 2. The highest BCUT2D eigenvalue weighted by Crippen LogP contribution is 2.22. The zero-order valence-corrected chi connectivity index (χ0v) is 12.6. The number of rotatable bonds is 4. The molecule has 0 aromatic carbocycles. The number of aliphatic hydroxyl groups is 1. The third-order valence-electron chi connectivity index (χ3n) is 3.72. The van der Waals surface area contributed by atoms with Crippen molar-refractivity contribution < 1.29 is 19.8 Å². The van der Waals surface area contributed by atoms with E-state index < -0.39 is 17.4 Å². The van der Waals surface area contributed by atoms with Gasteiger partial charge in [0.1, 0.15) is 6.04 Å². The SMILES string of the molecule is CC(C)(C)[C@@H](NC(=O)N1CCCC(CCO)C1)C(=O)O. The highest BCUT2D eigenvalue weighted by molar-refractivity contribution is 5.83. The summed E-state index contributed by atoms with van der Waals surface area (Å²) in [6, 6.07) is -1.23. The summed E-state index contributed by atoms with van der Waals surface area (Å²) >= 11 is 0. The largest absolute Gasteiger partial charge is 0.480 e. The number of carboxylic acid groups (broad SMARTS) is 1. The second-order valence-corrected chi connectivity index (χ2v) is 6.55. The average Bonchev–Trinajstić information content (AvgIpc) is 2.34. The van der Waals surface area contributed by atoms with Gasteiger partial charge in [-0.2, -0.15) is 0 Å². The van der Waals surface area contributed by atoms with Crippen LogP contribution in [0.4, 0.5) is 4.79 Å². The van der Waals surface area contributed by atoms with Crippen molar-refractivity contribution in [3.8, 4) is 0 Å². The van der Waals surface area contributed by atoms with Crippen LogP contribution in [0.5, 0.6) is 0 Å². The molecule has 1 aliphatic heterocycles. The van der Waals surface area contributed by atoms with Crippen LogP contribution in [0.15, 0.2) is 0 Å². The molecule has 0 saturated carbocycles. The van der Waals surface area contributed by atoms with Gasteiger partial charge in [0.05, 0.1) is 0 Å². The number of nitrogens with one attached hydrogen (secondary N) is 1. The third-order valence-corrected chi connectivity index (χ3v) is 3.72. The lowest BCUT2D eigenvalue weighted by Crippen LogP contribution is -2.55. The molecule has 116 valence electrons. The Balaban J connectivity index is 2.62. The number of likely N-dealkylation sites (tertiary alicyclic amines) is 1. The van der Waals surface area contributed by atoms with E-state index in [1.54, 1.807) is 25.7 Å². The van der Waals surface area contributed by atoms with Crippen LogP contribution in [0.3, 0.4) is 0 Å². The van der Waals surface area contributed by atoms with Gasteiger partial charge in [0.15, 0.2) is 0 Å². The Hall–Kier alpha value is -1.30. The number of hydrogen-bond acceptors (Lipinski definition) is 3. The first-order chi connectivity index (χ1) is 9.25. The first kappa shape index (κ1) is 16.8. The Morgan fingerprint density at radius 2 is 2.05 bits per heavy atom. The van der Waals surface area contributed by atoms with Crippen molar-refractivity contribution >= 4 is 12.0 Å². The third kappa shape index (κ3) is 4.67. The van der Waals surface area contributed by atoms with Gasteiger partial charge in [-0.1, -0.05) is 20.8 Å². The van der Waals surface area contributed by atoms with Crippen LogP contribution in [0.1, 0.15) is 40.0 Å². The van der Waals surface area contributed by atoms with E-state index in [0.717, 1.165) is 12.8 Å². The van der Waals surface area contributed by atoms with Crippen LogP contribution in [-0.4, -0.2) is 52.9 Å². The Kier molecular flexibility index (Phi) is 5.80. The predicted octanol–water partition coefficient (Wildman–Crippen LogP) is 1.29. The van der Waals surface area contributed by atoms with Gasteiger partial charge in [0.2, 0.25) is 0 Å². The normalized spacial score (nSPS) is 21.4. The molecule has 0 aromatic heterocycles. The molecule has 0 radical (unpaired) electrons. The average molecular weight is 286 g/mol. The Morgan fingerprint density at radius 3 is 2.55 bits per heavy atom. The van der Waals surface area contributed by atoms with Gasteiger partial charge in [-0.05, 0) is 30.6 Å². The maximum absolute atomic E-state index is 12.2. The van der Waals surface area contributed by atoms with E-state index in [1.165, 1.54) is 0 Å². The molecule has 1 rings (SSSR count). The highest BCUT2D eigenvalue weighted by Gasteiger charge is 2.34. The van der Waals surface area contributed by atoms with Gasteiger partial charge in [-0.3, -0.25) is 0 Å². The minimum absolute atomic E-state index is 0.125. The Morgan fingerprint density at radius 1 is 1.40 bits per heavy atom. The second-order valence-electron chi connectivity index (χ2n) is 6.55. The van der Waals surface area contributed by atoms with Gasteiger partial charge in [0.25, 0.3) is 0 Å². The van der Waals surface area contributed by atoms with E-state index in [-0.39, 0.29) is 12.6 Å². The number of carbonyl (C=O) groups is 2. The number of hydrogen-bond donors (Lipinski definition) is 3. The molecule has 0 aromatic rings. The number of aliphatic hydroxyl groups excluding tert-OH is 1. The monoisotopic (exact) mass is 286 g/mol. The van der Waals surface area contributed by atoms with Crippen molar-refractivity contribution in [1.29, 1.82) is 0 Å². The molecule has 1 heterocycles. The highest BCUT2D eigenvalue weighted by atomic mass is 16.4. The fourth-order valence-electron chi connectivity index (χ4n) is 2.53. The molecule has 0 aliphatic carbocycles. The number of aliphatic carboxylic acids is 1. The van der Waals surface area contributed by atoms with Gasteiger partial charge in [-0.15, -0.1) is 0 Å². The van der Waals surface area contributed by atoms with Gasteiger partial charge >= 0.3 is 12.0 Å². The summed E-state index contributed by atoms with van der Waals surface area (Å²) in [5, 5.41) is 20.8. The molecule has 3 N–H and O–H groups in total. The van der Waals surface area contributed by atoms with Crippen LogP contribution in [-0.2, 0) is 4.79 Å². The van der Waals surface area contributed by atoms with Crippen molar-refractivity contribution in [2.24, 2.45) is 11.3 Å². The van der Waals surface area contributed by atoms with Crippen molar-refractivity contribution in [3.05, 3.63) is 0 Å². The summed E-state index contributed by atoms with van der Waals surface area (Å²) in [5.41, 5.74) is -0.540. The molecule has 6 nitrogen and oxygen atoms in total. The fraction of sp³-hybridized carbons (Fsp3) is 0.857. The van der Waals surface area contributed by atoms with Crippen LogP contribution in [0.25, 0.3) is 0 Å². The quantitative estimate of drug-likeness (QED) is 0.726. The van der Waals surface area contributed by atoms with E-state index >= 15 is 0 Å². The molecule has 6 heteroatoms. The number of carbonyl (C=O) groups excluding carboxylic acids is 1. The number of carboxylic acids is 1. The molecule has 0 spiro atoms. The minimum atomic E-state index is -1.02. The maximum atomic E-state index is 12.2. The molecule has 20 heavy (non-hydrogen) atoms. The summed E-state index contributed by atoms with van der Waals surface area (Å²) in [4.78, 5) is 25.1. The van der Waals surface area contributed by atoms with Crippen molar-refractivity contribution in [2.45, 2.75) is 46.1 Å². The molecule has 1 aliphatic rings. The summed E-state index contributed by atoms with van der Waals surface area (Å²) in [6.45, 7) is 6.72. The fourth-order valence-corrected chi connectivity index (χ4v) is 2.53. The lowest BCUT2D eigenvalue weighted by Gasteiger charge is -2.35. The first-order valence-corrected chi connectivity index (χ1v) is 7.14. The van der Waals surface area contributed by atoms with Crippen LogP contribution < -0.4 is 5.32 Å². The summed E-state index contributed by atoms with van der Waals surface area (Å²) in [7, 11) is 0. The summed E-state index contributed by atoms with van der Waals surface area (Å²) in [5.74, 6) is -0.716. The van der Waals surface area contributed by atoms with Crippen LogP contribution >= 0.6 is 0 Å². The van der Waals surface area contributed by atoms with Crippen LogP contribution in [0, 0.1) is 11.3 Å². The van der Waals surface area contributed by atoms with Crippen LogP contribution in [0.2, 0.25) is 0 Å². The predicted molar refractivity (Wildman–Crippen MR) is 75.4 cm³/mol. The minimum Gasteiger partial charge on any atom is -0.480 e. The number of nitrogens with zero attached hydrogens (tertiary/aromatic N) is 1. The van der Waals surface area contributed by atoms with E-state index in [2.05, 4.69) is 5.32 Å². The Bertz CT molecular complexity index is 350. The molecule has 1 unspecified atom stereocenters. The lowest BCUT2D eigenvalue weighted by atomic mass is 9.87. The molecule has 0 bridgehead atoms.